The minimum absolute atomic E-state index is 0.172. The van der Waals surface area contributed by atoms with Crippen LogP contribution in [0.3, 0.4) is 0 Å². The highest BCUT2D eigenvalue weighted by molar-refractivity contribution is 5.89. The van der Waals surface area contributed by atoms with Crippen molar-refractivity contribution in [2.24, 2.45) is 0 Å². The summed E-state index contributed by atoms with van der Waals surface area (Å²) in [5, 5.41) is 5.21. The second-order valence-corrected chi connectivity index (χ2v) is 5.30. The summed E-state index contributed by atoms with van der Waals surface area (Å²) in [5.74, 6) is 0.990. The van der Waals surface area contributed by atoms with Gasteiger partial charge < -0.3 is 20.1 Å². The van der Waals surface area contributed by atoms with Gasteiger partial charge in [0.15, 0.2) is 11.5 Å². The normalized spacial score (nSPS) is 12.1. The van der Waals surface area contributed by atoms with Crippen LogP contribution >= 0.6 is 0 Å². The second-order valence-electron chi connectivity index (χ2n) is 5.30. The zero-order valence-corrected chi connectivity index (χ0v) is 12.7. The van der Waals surface area contributed by atoms with Gasteiger partial charge in [0, 0.05) is 6.54 Å². The number of carbonyl (C=O) groups excluding carboxylic acids is 1. The fourth-order valence-corrected chi connectivity index (χ4v) is 2.32. The summed E-state index contributed by atoms with van der Waals surface area (Å²) >= 11 is 0. The van der Waals surface area contributed by atoms with Gasteiger partial charge in [-0.05, 0) is 48.7 Å². The first kappa shape index (κ1) is 15.1. The van der Waals surface area contributed by atoms with Crippen molar-refractivity contribution < 1.29 is 18.7 Å². The molecule has 2 aromatic carbocycles. The third kappa shape index (κ3) is 3.71. The van der Waals surface area contributed by atoms with E-state index in [0.717, 1.165) is 16.9 Å². The van der Waals surface area contributed by atoms with Crippen LogP contribution in [0.4, 0.5) is 14.9 Å². The molecule has 0 saturated heterocycles. The number of rotatable bonds is 4. The Hall–Kier alpha value is -2.76. The van der Waals surface area contributed by atoms with Crippen molar-refractivity contribution in [2.75, 3.05) is 18.7 Å². The van der Waals surface area contributed by atoms with Crippen molar-refractivity contribution >= 4 is 11.7 Å². The maximum absolute atomic E-state index is 13.6. The van der Waals surface area contributed by atoms with Crippen LogP contribution in [-0.2, 0) is 6.42 Å². The lowest BCUT2D eigenvalue weighted by Crippen LogP contribution is -2.30. The van der Waals surface area contributed by atoms with E-state index in [2.05, 4.69) is 10.6 Å². The van der Waals surface area contributed by atoms with Crippen LogP contribution < -0.4 is 20.1 Å². The third-order valence-electron chi connectivity index (χ3n) is 3.51. The first-order chi connectivity index (χ1) is 11.1. The molecule has 1 aliphatic rings. The molecule has 5 nitrogen and oxygen atoms in total. The quantitative estimate of drug-likeness (QED) is 0.910. The van der Waals surface area contributed by atoms with Crippen LogP contribution in [0.2, 0.25) is 0 Å². The number of anilines is 1. The molecule has 1 aliphatic heterocycles. The van der Waals surface area contributed by atoms with Gasteiger partial charge in [0.05, 0.1) is 5.69 Å². The molecule has 0 radical (unpaired) electrons. The molecule has 2 amide bonds. The van der Waals surface area contributed by atoms with Gasteiger partial charge in [-0.15, -0.1) is 0 Å². The topological polar surface area (TPSA) is 59.6 Å². The zero-order valence-electron chi connectivity index (χ0n) is 12.7. The first-order valence-corrected chi connectivity index (χ1v) is 7.31. The molecular formula is C17H17FN2O3. The highest BCUT2D eigenvalue weighted by Gasteiger charge is 2.13. The first-order valence-electron chi connectivity index (χ1n) is 7.31. The lowest BCUT2D eigenvalue weighted by atomic mass is 10.1. The standard InChI is InChI=1S/C17H17FN2O3/c1-11-2-4-13(18)14(8-11)20-17(21)19-7-6-12-3-5-15-16(9-12)23-10-22-15/h2-5,8-9H,6-7,10H2,1H3,(H2,19,20,21). The van der Waals surface area contributed by atoms with Gasteiger partial charge in [0.2, 0.25) is 6.79 Å². The average molecular weight is 316 g/mol. The molecular weight excluding hydrogens is 299 g/mol. The molecule has 120 valence electrons. The lowest BCUT2D eigenvalue weighted by molar-refractivity contribution is 0.174. The highest BCUT2D eigenvalue weighted by atomic mass is 19.1. The summed E-state index contributed by atoms with van der Waals surface area (Å²) in [4.78, 5) is 11.8. The number of hydrogen-bond donors (Lipinski definition) is 2. The number of benzene rings is 2. The zero-order chi connectivity index (χ0) is 16.2. The van der Waals surface area contributed by atoms with Crippen LogP contribution in [0.15, 0.2) is 36.4 Å². The van der Waals surface area contributed by atoms with Crippen molar-refractivity contribution in [2.45, 2.75) is 13.3 Å². The monoisotopic (exact) mass is 316 g/mol. The lowest BCUT2D eigenvalue weighted by Gasteiger charge is -2.09. The number of ether oxygens (including phenoxy) is 2. The smallest absolute Gasteiger partial charge is 0.319 e. The molecule has 0 saturated carbocycles. The Kier molecular flexibility index (Phi) is 4.32. The van der Waals surface area contributed by atoms with Crippen molar-refractivity contribution in [3.63, 3.8) is 0 Å². The maximum atomic E-state index is 13.6. The Labute approximate surface area is 133 Å². The Balaban J connectivity index is 1.50. The Morgan fingerprint density at radius 3 is 2.87 bits per heavy atom. The molecule has 0 unspecified atom stereocenters. The molecule has 2 N–H and O–H groups in total. The number of aryl methyl sites for hydroxylation is 1. The van der Waals surface area contributed by atoms with Crippen LogP contribution in [-0.4, -0.2) is 19.4 Å². The highest BCUT2D eigenvalue weighted by Crippen LogP contribution is 2.32. The van der Waals surface area contributed by atoms with E-state index in [9.17, 15) is 9.18 Å². The maximum Gasteiger partial charge on any atom is 0.319 e. The number of nitrogens with one attached hydrogen (secondary N) is 2. The van der Waals surface area contributed by atoms with Gasteiger partial charge >= 0.3 is 6.03 Å². The molecule has 2 aromatic rings. The summed E-state index contributed by atoms with van der Waals surface area (Å²) in [6.45, 7) is 2.50. The van der Waals surface area contributed by atoms with E-state index < -0.39 is 11.8 Å². The molecule has 0 spiro atoms. The van der Waals surface area contributed by atoms with Gasteiger partial charge in [-0.1, -0.05) is 12.1 Å². The molecule has 1 heterocycles. The van der Waals surface area contributed by atoms with E-state index in [1.54, 1.807) is 12.1 Å². The number of amides is 2. The molecule has 23 heavy (non-hydrogen) atoms. The fourth-order valence-electron chi connectivity index (χ4n) is 2.32. The van der Waals surface area contributed by atoms with Crippen molar-refractivity contribution in [1.29, 1.82) is 0 Å². The predicted molar refractivity (Wildman–Crippen MR) is 84.4 cm³/mol. The largest absolute Gasteiger partial charge is 0.454 e. The van der Waals surface area contributed by atoms with E-state index in [-0.39, 0.29) is 12.5 Å². The number of urea groups is 1. The molecule has 0 aliphatic carbocycles. The van der Waals surface area contributed by atoms with E-state index in [4.69, 9.17) is 9.47 Å². The summed E-state index contributed by atoms with van der Waals surface area (Å²) in [7, 11) is 0. The minimum atomic E-state index is -0.457. The molecule has 0 atom stereocenters. The number of halogens is 1. The molecule has 6 heteroatoms. The number of hydrogen-bond acceptors (Lipinski definition) is 3. The van der Waals surface area contributed by atoms with Crippen LogP contribution in [0, 0.1) is 12.7 Å². The van der Waals surface area contributed by atoms with E-state index >= 15 is 0 Å². The molecule has 0 aromatic heterocycles. The summed E-state index contributed by atoms with van der Waals surface area (Å²) < 4.78 is 24.1. The number of carbonyl (C=O) groups is 1. The Bertz CT molecular complexity index is 734. The summed E-state index contributed by atoms with van der Waals surface area (Å²) in [5.41, 5.74) is 2.07. The van der Waals surface area contributed by atoms with Crippen LogP contribution in [0.5, 0.6) is 11.5 Å². The predicted octanol–water partition coefficient (Wildman–Crippen LogP) is 3.23. The second kappa shape index (κ2) is 6.56. The summed E-state index contributed by atoms with van der Waals surface area (Å²) in [6, 6.07) is 9.80. The SMILES string of the molecule is Cc1ccc(F)c(NC(=O)NCCc2ccc3c(c2)OCO3)c1. The minimum Gasteiger partial charge on any atom is -0.454 e. The van der Waals surface area contributed by atoms with Crippen LogP contribution in [0.25, 0.3) is 0 Å². The fraction of sp³-hybridized carbons (Fsp3) is 0.235. The molecule has 0 bridgehead atoms. The van der Waals surface area contributed by atoms with Crippen molar-refractivity contribution in [1.82, 2.24) is 5.32 Å². The van der Waals surface area contributed by atoms with Gasteiger partial charge in [-0.2, -0.15) is 0 Å². The Morgan fingerprint density at radius 2 is 2.00 bits per heavy atom. The van der Waals surface area contributed by atoms with Crippen molar-refractivity contribution in [3.05, 3.63) is 53.3 Å². The summed E-state index contributed by atoms with van der Waals surface area (Å²) in [6.07, 6.45) is 0.639. The van der Waals surface area contributed by atoms with Gasteiger partial charge in [0.1, 0.15) is 5.82 Å². The van der Waals surface area contributed by atoms with Crippen molar-refractivity contribution in [3.8, 4) is 11.5 Å². The third-order valence-corrected chi connectivity index (χ3v) is 3.51. The molecule has 3 rings (SSSR count). The van der Waals surface area contributed by atoms with E-state index in [1.165, 1.54) is 6.07 Å². The molecule has 0 fully saturated rings. The average Bonchev–Trinajstić information content (AvgIpc) is 2.98. The van der Waals surface area contributed by atoms with E-state index in [0.29, 0.717) is 18.7 Å². The van der Waals surface area contributed by atoms with Gasteiger partial charge in [-0.3, -0.25) is 0 Å². The van der Waals surface area contributed by atoms with Crippen LogP contribution in [0.1, 0.15) is 11.1 Å². The van der Waals surface area contributed by atoms with Gasteiger partial charge in [0.25, 0.3) is 0 Å². The van der Waals surface area contributed by atoms with Gasteiger partial charge in [-0.25, -0.2) is 9.18 Å². The number of fused-ring (bicyclic) bond motifs is 1. The Morgan fingerprint density at radius 1 is 1.17 bits per heavy atom. The van der Waals surface area contributed by atoms with E-state index in [1.807, 2.05) is 25.1 Å².